The second-order valence-corrected chi connectivity index (χ2v) is 22.0. The van der Waals surface area contributed by atoms with Crippen molar-refractivity contribution >= 4 is 14.3 Å². The summed E-state index contributed by atoms with van der Waals surface area (Å²) >= 11 is 0. The Balaban J connectivity index is 1.75. The first kappa shape index (κ1) is 46.5. The summed E-state index contributed by atoms with van der Waals surface area (Å²) in [4.78, 5) is 13.5. The first-order chi connectivity index (χ1) is 26.3. The van der Waals surface area contributed by atoms with Gasteiger partial charge >= 0.3 is 5.97 Å². The van der Waals surface area contributed by atoms with Crippen LogP contribution < -0.4 is 4.74 Å². The number of benzene rings is 1. The van der Waals surface area contributed by atoms with Crippen LogP contribution in [0.25, 0.3) is 0 Å². The minimum absolute atomic E-state index is 0.0355. The summed E-state index contributed by atoms with van der Waals surface area (Å²) in [6, 6.07) is 7.53. The second-order valence-electron chi connectivity index (χ2n) is 17.2. The van der Waals surface area contributed by atoms with E-state index in [2.05, 4.69) is 47.4 Å². The molecule has 1 aromatic rings. The molecule has 0 spiro atoms. The van der Waals surface area contributed by atoms with Gasteiger partial charge in [0.05, 0.1) is 32.5 Å². The van der Waals surface area contributed by atoms with Gasteiger partial charge in [-0.25, -0.2) is 4.79 Å². The standard InChI is InChI=1S/C43H70O12Si/c1-14-17-18-20-31(19-15-2)49-40-37(36-34(28(5)48-40)53-43(9,10)54-36)52-41-38(55-56(12,13)42(6,7)8)35(51-39(45)27(4)16-3)33(44)32(50-41)26-47-25-29-21-23-30(46-11)24-22-29/h15-16,21-24,28,31-38,40-41,44H,2,14,17-20,25-26H2,1,3-13H3/b27-16+/t28-,31-,32-,33-,34+,35+,36+,37-,38-,40+,41+/m1/s1. The molecule has 3 heterocycles. The van der Waals surface area contributed by atoms with Crippen LogP contribution in [0.3, 0.4) is 0 Å². The normalized spacial score (nSPS) is 31.4. The van der Waals surface area contributed by atoms with Gasteiger partial charge in [-0.05, 0) is 83.3 Å². The number of carbonyl (C=O) groups excluding carboxylic acids is 1. The van der Waals surface area contributed by atoms with Crippen molar-refractivity contribution in [2.24, 2.45) is 0 Å². The molecule has 0 aromatic heterocycles. The van der Waals surface area contributed by atoms with Crippen LogP contribution in [0.1, 0.15) is 100.0 Å². The minimum atomic E-state index is -2.64. The number of unbranched alkanes of at least 4 members (excludes halogenated alkanes) is 2. The molecule has 11 atom stereocenters. The van der Waals surface area contributed by atoms with Crippen LogP contribution in [-0.2, 0) is 53.7 Å². The molecule has 0 amide bonds. The van der Waals surface area contributed by atoms with E-state index in [4.69, 9.17) is 47.1 Å². The molecule has 0 aliphatic carbocycles. The summed E-state index contributed by atoms with van der Waals surface area (Å²) in [5.41, 5.74) is 1.30. The summed E-state index contributed by atoms with van der Waals surface area (Å²) in [7, 11) is -1.02. The van der Waals surface area contributed by atoms with Crippen molar-refractivity contribution in [3.05, 3.63) is 54.1 Å². The van der Waals surface area contributed by atoms with Gasteiger partial charge in [-0.15, -0.1) is 6.58 Å². The van der Waals surface area contributed by atoms with Crippen molar-refractivity contribution in [2.45, 2.75) is 192 Å². The average Bonchev–Trinajstić information content (AvgIpc) is 3.47. The molecule has 12 nitrogen and oxygen atoms in total. The Labute approximate surface area is 336 Å². The Bertz CT molecular complexity index is 1420. The van der Waals surface area contributed by atoms with Gasteiger partial charge in [0.1, 0.15) is 42.4 Å². The number of ether oxygens (including phenoxy) is 9. The molecule has 3 aliphatic rings. The Kier molecular flexibility index (Phi) is 16.8. The zero-order chi connectivity index (χ0) is 41.4. The average molecular weight is 807 g/mol. The van der Waals surface area contributed by atoms with Crippen LogP contribution in [0.15, 0.2) is 48.6 Å². The molecule has 3 fully saturated rings. The van der Waals surface area contributed by atoms with E-state index in [1.165, 1.54) is 0 Å². The topological polar surface area (TPSA) is 130 Å². The lowest BCUT2D eigenvalue weighted by Crippen LogP contribution is -2.66. The predicted octanol–water partition coefficient (Wildman–Crippen LogP) is 7.76. The largest absolute Gasteiger partial charge is 0.497 e. The number of rotatable bonds is 19. The van der Waals surface area contributed by atoms with E-state index in [0.717, 1.165) is 37.0 Å². The van der Waals surface area contributed by atoms with Gasteiger partial charge in [-0.2, -0.15) is 0 Å². The number of methoxy groups -OCH3 is 1. The molecule has 4 rings (SSSR count). The fourth-order valence-corrected chi connectivity index (χ4v) is 8.14. The number of fused-ring (bicyclic) bond motifs is 1. The third-order valence-electron chi connectivity index (χ3n) is 11.3. The van der Waals surface area contributed by atoms with Gasteiger partial charge < -0.3 is 52.2 Å². The van der Waals surface area contributed by atoms with Crippen LogP contribution in [0.5, 0.6) is 5.75 Å². The third-order valence-corrected chi connectivity index (χ3v) is 15.8. The maximum atomic E-state index is 13.5. The molecule has 3 saturated heterocycles. The van der Waals surface area contributed by atoms with Crippen LogP contribution in [0.4, 0.5) is 0 Å². The van der Waals surface area contributed by atoms with Crippen LogP contribution in [0.2, 0.25) is 18.1 Å². The van der Waals surface area contributed by atoms with Gasteiger partial charge in [0.25, 0.3) is 0 Å². The third kappa shape index (κ3) is 12.0. The lowest BCUT2D eigenvalue weighted by molar-refractivity contribution is -0.360. The van der Waals surface area contributed by atoms with Crippen LogP contribution in [-0.4, -0.2) is 106 Å². The van der Waals surface area contributed by atoms with Crippen molar-refractivity contribution in [3.8, 4) is 5.75 Å². The van der Waals surface area contributed by atoms with Crippen LogP contribution >= 0.6 is 0 Å². The summed E-state index contributed by atoms with van der Waals surface area (Å²) < 4.78 is 64.7. The Morgan fingerprint density at radius 1 is 1.04 bits per heavy atom. The van der Waals surface area contributed by atoms with E-state index in [-0.39, 0.29) is 30.5 Å². The number of esters is 1. The van der Waals surface area contributed by atoms with E-state index < -0.39 is 75.4 Å². The van der Waals surface area contributed by atoms with Gasteiger partial charge in [0.15, 0.2) is 32.8 Å². The molecule has 1 aromatic carbocycles. The highest BCUT2D eigenvalue weighted by molar-refractivity contribution is 6.74. The molecular weight excluding hydrogens is 737 g/mol. The first-order valence-electron chi connectivity index (χ1n) is 20.3. The summed E-state index contributed by atoms with van der Waals surface area (Å²) in [6.45, 7) is 26.0. The fourth-order valence-electron chi connectivity index (χ4n) is 6.86. The predicted molar refractivity (Wildman–Crippen MR) is 216 cm³/mol. The first-order valence-corrected chi connectivity index (χ1v) is 23.2. The number of allylic oxidation sites excluding steroid dienone is 1. The monoisotopic (exact) mass is 806 g/mol. The molecule has 0 unspecified atom stereocenters. The molecule has 1 N–H and O–H groups in total. The number of carbonyl (C=O) groups is 1. The van der Waals surface area contributed by atoms with Crippen molar-refractivity contribution < 1.29 is 57.0 Å². The number of aliphatic hydroxyl groups excluding tert-OH is 1. The number of aliphatic hydroxyl groups is 1. The maximum absolute atomic E-state index is 13.5. The molecule has 56 heavy (non-hydrogen) atoms. The van der Waals surface area contributed by atoms with E-state index in [9.17, 15) is 9.90 Å². The molecule has 0 radical (unpaired) electrons. The van der Waals surface area contributed by atoms with Crippen molar-refractivity contribution in [1.82, 2.24) is 0 Å². The number of hydrogen-bond donors (Lipinski definition) is 1. The van der Waals surface area contributed by atoms with E-state index in [0.29, 0.717) is 12.0 Å². The molecule has 0 saturated carbocycles. The highest BCUT2D eigenvalue weighted by Crippen LogP contribution is 2.43. The van der Waals surface area contributed by atoms with Crippen molar-refractivity contribution in [3.63, 3.8) is 0 Å². The van der Waals surface area contributed by atoms with Gasteiger partial charge in [0, 0.05) is 5.57 Å². The molecule has 3 aliphatic heterocycles. The van der Waals surface area contributed by atoms with Gasteiger partial charge in [-0.3, -0.25) is 0 Å². The van der Waals surface area contributed by atoms with Gasteiger partial charge in [0.2, 0.25) is 0 Å². The summed E-state index contributed by atoms with van der Waals surface area (Å²) in [5, 5.41) is 11.8. The SMILES string of the molecule is C=CC[C@H](CCCCC)O[C@@H]1O[C@H](C)[C@@H]2OC(C)(C)O[C@@H]2[C@H]1O[C@@H]1O[C@H](COCc2ccc(OC)cc2)[C@@H](O)[C@H](OC(=O)/C(C)=C/C)[C@H]1O[Si](C)(C)C(C)(C)C. The second kappa shape index (κ2) is 20.2. The maximum Gasteiger partial charge on any atom is 0.333 e. The lowest BCUT2D eigenvalue weighted by atomic mass is 9.97. The summed E-state index contributed by atoms with van der Waals surface area (Å²) in [5.74, 6) is -0.772. The summed E-state index contributed by atoms with van der Waals surface area (Å²) in [6.07, 6.45) is -0.966. The molecular formula is C43H70O12Si. The minimum Gasteiger partial charge on any atom is -0.497 e. The van der Waals surface area contributed by atoms with Gasteiger partial charge in [-0.1, -0.05) is 71.2 Å². The Morgan fingerprint density at radius 3 is 2.32 bits per heavy atom. The Hall–Kier alpha value is -2.17. The number of hydrogen-bond acceptors (Lipinski definition) is 12. The van der Waals surface area contributed by atoms with Crippen molar-refractivity contribution in [1.29, 1.82) is 0 Å². The van der Waals surface area contributed by atoms with Crippen LogP contribution in [0, 0.1) is 0 Å². The fraction of sp³-hybridized carbons (Fsp3) is 0.744. The molecule has 318 valence electrons. The molecule has 0 bridgehead atoms. The van der Waals surface area contributed by atoms with E-state index in [1.54, 1.807) is 27.0 Å². The molecule has 13 heteroatoms. The zero-order valence-corrected chi connectivity index (χ0v) is 36.9. The zero-order valence-electron chi connectivity index (χ0n) is 35.9. The Morgan fingerprint density at radius 2 is 1.71 bits per heavy atom. The quantitative estimate of drug-likeness (QED) is 0.0483. The van der Waals surface area contributed by atoms with Crippen molar-refractivity contribution in [2.75, 3.05) is 13.7 Å². The highest BCUT2D eigenvalue weighted by atomic mass is 28.4. The van der Waals surface area contributed by atoms with E-state index in [1.807, 2.05) is 51.1 Å². The lowest BCUT2D eigenvalue weighted by Gasteiger charge is -2.50. The van der Waals surface area contributed by atoms with E-state index >= 15 is 0 Å². The highest BCUT2D eigenvalue weighted by Gasteiger charge is 2.59. The smallest absolute Gasteiger partial charge is 0.333 e.